The van der Waals surface area contributed by atoms with Gasteiger partial charge >= 0.3 is 0 Å². The Morgan fingerprint density at radius 2 is 1.57 bits per heavy atom. The van der Waals surface area contributed by atoms with Crippen LogP contribution in [0, 0.1) is 0 Å². The summed E-state index contributed by atoms with van der Waals surface area (Å²) in [4.78, 5) is 0. The van der Waals surface area contributed by atoms with Crippen molar-refractivity contribution < 1.29 is 0 Å². The summed E-state index contributed by atoms with van der Waals surface area (Å²) in [5.41, 5.74) is 2.81. The zero-order valence-electron chi connectivity index (χ0n) is 13.5. The van der Waals surface area contributed by atoms with E-state index >= 15 is 0 Å². The van der Waals surface area contributed by atoms with Crippen LogP contribution in [0.2, 0.25) is 25.7 Å². The Morgan fingerprint density at radius 3 is 2.00 bits per heavy atom. The van der Waals surface area contributed by atoms with Crippen LogP contribution < -0.4 is 0 Å². The lowest BCUT2D eigenvalue weighted by Gasteiger charge is -2.23. The Bertz CT molecular complexity index is 490. The summed E-state index contributed by atoms with van der Waals surface area (Å²) in [6, 6.07) is 10.7. The third-order valence-electron chi connectivity index (χ3n) is 3.78. The van der Waals surface area contributed by atoms with Gasteiger partial charge in [0.2, 0.25) is 0 Å². The Morgan fingerprint density at radius 1 is 1.00 bits per heavy atom. The van der Waals surface area contributed by atoms with Gasteiger partial charge in [-0.2, -0.15) is 0 Å². The van der Waals surface area contributed by atoms with E-state index in [9.17, 15) is 0 Å². The second kappa shape index (κ2) is 9.41. The quantitative estimate of drug-likeness (QED) is 0.420. The van der Waals surface area contributed by atoms with Gasteiger partial charge < -0.3 is 0 Å². The predicted octanol–water partition coefficient (Wildman–Crippen LogP) is 5.45. The van der Waals surface area contributed by atoms with Gasteiger partial charge in [0.05, 0.1) is 0 Å². The molecule has 0 aromatic heterocycles. The number of hydrogen-bond acceptors (Lipinski definition) is 0. The smallest absolute Gasteiger partial charge is 0.109 e. The number of rotatable bonds is 9. The molecule has 0 nitrogen and oxygen atoms in total. The minimum Gasteiger partial charge on any atom is -0.109 e. The molecule has 0 spiro atoms. The lowest BCUT2D eigenvalue weighted by Crippen LogP contribution is -2.26. The standard InChI is InChI=1S/C19H27BSi/c1-6-12-18(17-13-10-9-11-14-17)19(21(4)5)20(15-7-2)16-8-3/h6-11,13-14,21H,1-3,12,15-16H2,4-5H3. The van der Waals surface area contributed by atoms with Crippen molar-refractivity contribution in [3.05, 3.63) is 79.0 Å². The average molecular weight is 294 g/mol. The highest BCUT2D eigenvalue weighted by atomic mass is 28.3. The zero-order chi connectivity index (χ0) is 15.7. The Hall–Kier alpha value is -1.54. The lowest BCUT2D eigenvalue weighted by molar-refractivity contribution is 1.38. The van der Waals surface area contributed by atoms with Crippen molar-refractivity contribution in [3.63, 3.8) is 0 Å². The molecule has 0 aliphatic rings. The van der Waals surface area contributed by atoms with Crippen LogP contribution in [-0.4, -0.2) is 15.5 Å². The summed E-state index contributed by atoms with van der Waals surface area (Å²) in [7, 11) is -0.929. The first-order chi connectivity index (χ1) is 10.2. The summed E-state index contributed by atoms with van der Waals surface area (Å²) >= 11 is 0. The molecular weight excluding hydrogens is 267 g/mol. The molecule has 0 saturated heterocycles. The van der Waals surface area contributed by atoms with Gasteiger partial charge in [-0.1, -0.05) is 79.9 Å². The second-order valence-corrected chi connectivity index (χ2v) is 8.62. The first kappa shape index (κ1) is 17.5. The maximum atomic E-state index is 3.96. The van der Waals surface area contributed by atoms with E-state index in [-0.39, 0.29) is 0 Å². The second-order valence-electron chi connectivity index (χ2n) is 5.69. The minimum atomic E-state index is -0.929. The van der Waals surface area contributed by atoms with Gasteiger partial charge in [0, 0.05) is 8.80 Å². The maximum Gasteiger partial charge on any atom is 0.173 e. The van der Waals surface area contributed by atoms with E-state index in [4.69, 9.17) is 0 Å². The van der Waals surface area contributed by atoms with Crippen LogP contribution in [0.25, 0.3) is 5.57 Å². The summed E-state index contributed by atoms with van der Waals surface area (Å²) in [5.74, 6) is 0. The van der Waals surface area contributed by atoms with Crippen molar-refractivity contribution in [2.75, 3.05) is 0 Å². The maximum absolute atomic E-state index is 3.96. The fourth-order valence-corrected chi connectivity index (χ4v) is 5.20. The SMILES string of the molecule is C=CCB(CC=C)C(=C(CC=C)c1ccccc1)[SiH](C)C. The topological polar surface area (TPSA) is 0 Å². The van der Waals surface area contributed by atoms with Crippen LogP contribution in [0.5, 0.6) is 0 Å². The molecule has 0 aliphatic carbocycles. The largest absolute Gasteiger partial charge is 0.173 e. The van der Waals surface area contributed by atoms with Crippen molar-refractivity contribution in [1.82, 2.24) is 0 Å². The first-order valence-corrected chi connectivity index (χ1v) is 10.6. The molecule has 0 amide bonds. The number of allylic oxidation sites excluding steroid dienone is 4. The highest BCUT2D eigenvalue weighted by molar-refractivity contribution is 6.89. The van der Waals surface area contributed by atoms with Crippen LogP contribution in [-0.2, 0) is 0 Å². The molecule has 1 aromatic carbocycles. The molecule has 1 aromatic rings. The molecule has 0 aliphatic heterocycles. The molecule has 0 bridgehead atoms. The van der Waals surface area contributed by atoms with E-state index < -0.39 is 8.80 Å². The average Bonchev–Trinajstić information content (AvgIpc) is 2.48. The summed E-state index contributed by atoms with van der Waals surface area (Å²) in [6.45, 7) is 17.2. The molecule has 21 heavy (non-hydrogen) atoms. The highest BCUT2D eigenvalue weighted by Gasteiger charge is 2.23. The van der Waals surface area contributed by atoms with Gasteiger partial charge in [-0.3, -0.25) is 0 Å². The van der Waals surface area contributed by atoms with Crippen molar-refractivity contribution in [2.45, 2.75) is 32.2 Å². The van der Waals surface area contributed by atoms with E-state index in [2.05, 4.69) is 63.2 Å². The van der Waals surface area contributed by atoms with Gasteiger partial charge in [-0.05, 0) is 12.0 Å². The molecule has 0 unspecified atom stereocenters. The molecule has 0 heterocycles. The van der Waals surface area contributed by atoms with Crippen molar-refractivity contribution in [3.8, 4) is 0 Å². The summed E-state index contributed by atoms with van der Waals surface area (Å²) < 4.78 is 0. The van der Waals surface area contributed by atoms with Crippen molar-refractivity contribution in [2.24, 2.45) is 0 Å². The van der Waals surface area contributed by atoms with E-state index in [1.165, 1.54) is 11.1 Å². The number of hydrogen-bond donors (Lipinski definition) is 0. The molecule has 110 valence electrons. The van der Waals surface area contributed by atoms with Gasteiger partial charge in [0.1, 0.15) is 0 Å². The van der Waals surface area contributed by atoms with E-state index in [1.54, 1.807) is 5.10 Å². The molecule has 0 saturated carbocycles. The molecule has 2 heteroatoms. The predicted molar refractivity (Wildman–Crippen MR) is 103 cm³/mol. The minimum absolute atomic E-state index is 0.543. The molecular formula is C19H27BSi. The third kappa shape index (κ3) is 5.05. The van der Waals surface area contributed by atoms with Crippen molar-refractivity contribution >= 4 is 21.1 Å². The number of benzene rings is 1. The Labute approximate surface area is 132 Å². The third-order valence-corrected chi connectivity index (χ3v) is 5.85. The van der Waals surface area contributed by atoms with Crippen LogP contribution in [0.1, 0.15) is 12.0 Å². The van der Waals surface area contributed by atoms with Crippen molar-refractivity contribution in [1.29, 1.82) is 0 Å². The van der Waals surface area contributed by atoms with Crippen LogP contribution in [0.3, 0.4) is 0 Å². The van der Waals surface area contributed by atoms with Crippen LogP contribution >= 0.6 is 0 Å². The van der Waals surface area contributed by atoms with E-state index in [1.807, 2.05) is 18.2 Å². The molecule has 0 radical (unpaired) electrons. The normalized spacial score (nSPS) is 11.8. The molecule has 0 N–H and O–H groups in total. The van der Waals surface area contributed by atoms with E-state index in [0.29, 0.717) is 6.71 Å². The van der Waals surface area contributed by atoms with Gasteiger partial charge in [0.15, 0.2) is 6.71 Å². The Balaban J connectivity index is 3.42. The Kier molecular flexibility index (Phi) is 7.85. The van der Waals surface area contributed by atoms with Crippen LogP contribution in [0.4, 0.5) is 0 Å². The fourth-order valence-electron chi connectivity index (χ4n) is 3.00. The van der Waals surface area contributed by atoms with Gasteiger partial charge in [-0.15, -0.1) is 24.8 Å². The molecule has 0 fully saturated rings. The molecule has 0 atom stereocenters. The first-order valence-electron chi connectivity index (χ1n) is 7.76. The van der Waals surface area contributed by atoms with Crippen LogP contribution in [0.15, 0.2) is 73.4 Å². The van der Waals surface area contributed by atoms with Gasteiger partial charge in [-0.25, -0.2) is 0 Å². The summed E-state index contributed by atoms with van der Waals surface area (Å²) in [5, 5.41) is 1.65. The van der Waals surface area contributed by atoms with Gasteiger partial charge in [0.25, 0.3) is 0 Å². The fraction of sp³-hybridized carbons (Fsp3) is 0.263. The zero-order valence-corrected chi connectivity index (χ0v) is 14.7. The lowest BCUT2D eigenvalue weighted by atomic mass is 9.43. The van der Waals surface area contributed by atoms with E-state index in [0.717, 1.165) is 19.1 Å². The monoisotopic (exact) mass is 294 g/mol. The molecule has 1 rings (SSSR count). The highest BCUT2D eigenvalue weighted by Crippen LogP contribution is 2.29. The summed E-state index contributed by atoms with van der Waals surface area (Å²) in [6.07, 6.45) is 9.11.